The van der Waals surface area contributed by atoms with Crippen molar-refractivity contribution in [1.82, 2.24) is 20.2 Å². The Bertz CT molecular complexity index is 662. The van der Waals surface area contributed by atoms with Gasteiger partial charge in [-0.25, -0.2) is 4.68 Å². The van der Waals surface area contributed by atoms with Crippen molar-refractivity contribution in [3.8, 4) is 11.4 Å². The number of tetrazole rings is 1. The van der Waals surface area contributed by atoms with Crippen molar-refractivity contribution in [2.24, 2.45) is 0 Å². The van der Waals surface area contributed by atoms with E-state index >= 15 is 0 Å². The van der Waals surface area contributed by atoms with Gasteiger partial charge in [-0.1, -0.05) is 6.07 Å². The topological polar surface area (TPSA) is 69.6 Å². The minimum absolute atomic E-state index is 0.0194. The van der Waals surface area contributed by atoms with E-state index in [0.717, 1.165) is 4.68 Å². The van der Waals surface area contributed by atoms with Gasteiger partial charge in [0, 0.05) is 11.3 Å². The zero-order valence-electron chi connectivity index (χ0n) is 10.0. The summed E-state index contributed by atoms with van der Waals surface area (Å²) in [6, 6.07) is 4.90. The molecule has 1 heterocycles. The Morgan fingerprint density at radius 1 is 1.30 bits per heavy atom. The molecule has 3 rings (SSSR count). The van der Waals surface area contributed by atoms with Gasteiger partial charge in [-0.15, -0.1) is 5.10 Å². The quantitative estimate of drug-likeness (QED) is 0.848. The van der Waals surface area contributed by atoms with Gasteiger partial charge in [0.2, 0.25) is 0 Å². The molecule has 20 heavy (non-hydrogen) atoms. The van der Waals surface area contributed by atoms with Gasteiger partial charge in [-0.2, -0.15) is 13.2 Å². The fourth-order valence-corrected chi connectivity index (χ4v) is 2.54. The van der Waals surface area contributed by atoms with Crippen LogP contribution >= 0.6 is 15.9 Å². The lowest BCUT2D eigenvalue weighted by molar-refractivity contribution is -0.182. The first-order chi connectivity index (χ1) is 9.37. The Morgan fingerprint density at radius 2 is 2.00 bits per heavy atom. The van der Waals surface area contributed by atoms with E-state index in [1.807, 2.05) is 0 Å². The summed E-state index contributed by atoms with van der Waals surface area (Å²) < 4.78 is 40.9. The minimum Gasteiger partial charge on any atom is -0.398 e. The van der Waals surface area contributed by atoms with Gasteiger partial charge < -0.3 is 5.73 Å². The average Bonchev–Trinajstić information content (AvgIpc) is 3.06. The van der Waals surface area contributed by atoms with Gasteiger partial charge in [-0.3, -0.25) is 0 Å². The summed E-state index contributed by atoms with van der Waals surface area (Å²) in [6.45, 7) is 0. The number of nitrogens with zero attached hydrogens (tertiary/aromatic N) is 4. The van der Waals surface area contributed by atoms with Crippen LogP contribution in [0, 0.1) is 0 Å². The van der Waals surface area contributed by atoms with E-state index in [9.17, 15) is 13.2 Å². The number of nitrogens with two attached hydrogens (primary N) is 1. The Labute approximate surface area is 120 Å². The van der Waals surface area contributed by atoms with Crippen LogP contribution in [0.5, 0.6) is 0 Å². The fourth-order valence-electron chi connectivity index (χ4n) is 2.10. The molecule has 106 valence electrons. The molecule has 1 saturated carbocycles. The number of halogens is 4. The van der Waals surface area contributed by atoms with Crippen LogP contribution in [-0.2, 0) is 5.54 Å². The molecule has 2 N–H and O–H groups in total. The maximum Gasteiger partial charge on any atom is 0.413 e. The number of anilines is 1. The highest BCUT2D eigenvalue weighted by atomic mass is 79.9. The van der Waals surface area contributed by atoms with Crippen LogP contribution in [0.2, 0.25) is 0 Å². The van der Waals surface area contributed by atoms with Crippen LogP contribution in [0.4, 0.5) is 18.9 Å². The third kappa shape index (κ3) is 1.80. The number of benzene rings is 1. The lowest BCUT2D eigenvalue weighted by Gasteiger charge is -2.20. The van der Waals surface area contributed by atoms with E-state index < -0.39 is 11.7 Å². The molecular weight excluding hydrogens is 339 g/mol. The van der Waals surface area contributed by atoms with Crippen LogP contribution in [0.15, 0.2) is 22.7 Å². The molecule has 0 atom stereocenters. The number of hydrogen-bond acceptors (Lipinski definition) is 4. The first-order valence-electron chi connectivity index (χ1n) is 5.77. The molecular formula is C11H9BrF3N5. The molecule has 1 aliphatic carbocycles. The Balaban J connectivity index is 2.15. The molecule has 5 nitrogen and oxygen atoms in total. The van der Waals surface area contributed by atoms with Gasteiger partial charge in [0.25, 0.3) is 0 Å². The van der Waals surface area contributed by atoms with Crippen LogP contribution in [0.1, 0.15) is 12.8 Å². The second-order valence-corrected chi connectivity index (χ2v) is 5.45. The monoisotopic (exact) mass is 347 g/mol. The summed E-state index contributed by atoms with van der Waals surface area (Å²) in [4.78, 5) is 0. The Hall–Kier alpha value is -1.64. The third-order valence-corrected chi connectivity index (χ3v) is 4.28. The fraction of sp³-hybridized carbons (Fsp3) is 0.364. The SMILES string of the molecule is Nc1cccc(-c2nnnn2C2(C(F)(F)F)CC2)c1Br. The van der Waals surface area contributed by atoms with Gasteiger partial charge in [0.05, 0.1) is 4.47 Å². The zero-order chi connectivity index (χ0) is 14.5. The highest BCUT2D eigenvalue weighted by molar-refractivity contribution is 9.10. The minimum atomic E-state index is -4.38. The van der Waals surface area contributed by atoms with Gasteiger partial charge in [0.1, 0.15) is 0 Å². The second kappa shape index (κ2) is 4.18. The maximum atomic E-state index is 13.2. The predicted molar refractivity (Wildman–Crippen MR) is 68.6 cm³/mol. The number of rotatable bonds is 2. The molecule has 1 aliphatic rings. The van der Waals surface area contributed by atoms with Crippen LogP contribution in [-0.4, -0.2) is 26.4 Å². The van der Waals surface area contributed by atoms with Crippen molar-refractivity contribution in [2.75, 3.05) is 5.73 Å². The van der Waals surface area contributed by atoms with Crippen molar-refractivity contribution in [3.05, 3.63) is 22.7 Å². The zero-order valence-corrected chi connectivity index (χ0v) is 11.6. The van der Waals surface area contributed by atoms with Gasteiger partial charge >= 0.3 is 6.18 Å². The number of aromatic nitrogens is 4. The molecule has 2 aromatic rings. The highest BCUT2D eigenvalue weighted by Gasteiger charge is 2.66. The predicted octanol–water partition coefficient (Wildman–Crippen LogP) is 2.74. The molecule has 0 aliphatic heterocycles. The Kier molecular flexibility index (Phi) is 2.79. The first kappa shape index (κ1) is 13.3. The van der Waals surface area contributed by atoms with Gasteiger partial charge in [0.15, 0.2) is 11.4 Å². The smallest absolute Gasteiger partial charge is 0.398 e. The van der Waals surface area contributed by atoms with Crippen molar-refractivity contribution in [2.45, 2.75) is 24.6 Å². The summed E-state index contributed by atoms with van der Waals surface area (Å²) in [5.41, 5.74) is 4.60. The van der Waals surface area contributed by atoms with Crippen LogP contribution in [0.3, 0.4) is 0 Å². The van der Waals surface area contributed by atoms with Crippen LogP contribution < -0.4 is 5.73 Å². The summed E-state index contributed by atoms with van der Waals surface area (Å²) in [6.07, 6.45) is -4.42. The highest BCUT2D eigenvalue weighted by Crippen LogP contribution is 2.56. The van der Waals surface area contributed by atoms with Gasteiger partial charge in [-0.05, 0) is 51.3 Å². The van der Waals surface area contributed by atoms with E-state index in [-0.39, 0.29) is 18.7 Å². The Morgan fingerprint density at radius 3 is 2.60 bits per heavy atom. The molecule has 0 spiro atoms. The summed E-state index contributed by atoms with van der Waals surface area (Å²) in [5.74, 6) is 0.0546. The standard InChI is InChI=1S/C11H9BrF3N5/c12-8-6(2-1-3-7(8)16)9-17-18-19-20(9)10(4-5-10)11(13,14)15/h1-3H,4-5,16H2. The number of alkyl halides is 3. The lowest BCUT2D eigenvalue weighted by atomic mass is 10.1. The van der Waals surface area contributed by atoms with E-state index in [1.165, 1.54) is 0 Å². The van der Waals surface area contributed by atoms with Crippen molar-refractivity contribution in [3.63, 3.8) is 0 Å². The van der Waals surface area contributed by atoms with Crippen molar-refractivity contribution < 1.29 is 13.2 Å². The van der Waals surface area contributed by atoms with E-state index in [4.69, 9.17) is 5.73 Å². The third-order valence-electron chi connectivity index (χ3n) is 3.40. The maximum absolute atomic E-state index is 13.2. The summed E-state index contributed by atoms with van der Waals surface area (Å²) in [5, 5.41) is 10.7. The van der Waals surface area contributed by atoms with Crippen molar-refractivity contribution in [1.29, 1.82) is 0 Å². The number of nitrogen functional groups attached to an aromatic ring is 1. The van der Waals surface area contributed by atoms with E-state index in [2.05, 4.69) is 31.5 Å². The summed E-state index contributed by atoms with van der Waals surface area (Å²) >= 11 is 3.26. The molecule has 0 bridgehead atoms. The molecule has 1 aromatic heterocycles. The van der Waals surface area contributed by atoms with Crippen molar-refractivity contribution >= 4 is 21.6 Å². The van der Waals surface area contributed by atoms with E-state index in [1.54, 1.807) is 18.2 Å². The molecule has 0 radical (unpaired) electrons. The molecule has 0 amide bonds. The summed E-state index contributed by atoms with van der Waals surface area (Å²) in [7, 11) is 0. The number of hydrogen-bond donors (Lipinski definition) is 1. The molecule has 9 heteroatoms. The largest absolute Gasteiger partial charge is 0.413 e. The second-order valence-electron chi connectivity index (χ2n) is 4.65. The normalized spacial score (nSPS) is 17.2. The molecule has 1 fully saturated rings. The molecule has 0 unspecified atom stereocenters. The molecule has 1 aromatic carbocycles. The van der Waals surface area contributed by atoms with E-state index in [0.29, 0.717) is 15.7 Å². The molecule has 0 saturated heterocycles. The lowest BCUT2D eigenvalue weighted by Crippen LogP contribution is -2.36. The first-order valence-corrected chi connectivity index (χ1v) is 6.56. The average molecular weight is 348 g/mol. The van der Waals surface area contributed by atoms with Crippen LogP contribution in [0.25, 0.3) is 11.4 Å².